The van der Waals surface area contributed by atoms with Crippen LogP contribution < -0.4 is 9.64 Å². The Morgan fingerprint density at radius 3 is 2.48 bits per heavy atom. The predicted molar refractivity (Wildman–Crippen MR) is 114 cm³/mol. The van der Waals surface area contributed by atoms with Crippen molar-refractivity contribution in [3.05, 3.63) is 66.5 Å². The van der Waals surface area contributed by atoms with Crippen molar-refractivity contribution in [1.29, 1.82) is 0 Å². The number of hydrogen-bond acceptors (Lipinski definition) is 5. The summed E-state index contributed by atoms with van der Waals surface area (Å²) in [6.07, 6.45) is 3.86. The highest BCUT2D eigenvalue weighted by atomic mass is 16.5. The molecule has 0 spiro atoms. The van der Waals surface area contributed by atoms with E-state index in [1.807, 2.05) is 53.4 Å². The summed E-state index contributed by atoms with van der Waals surface area (Å²) in [7, 11) is 0. The lowest BCUT2D eigenvalue weighted by atomic mass is 10.1. The molecule has 1 atom stereocenters. The van der Waals surface area contributed by atoms with Gasteiger partial charge in [0.1, 0.15) is 5.75 Å². The summed E-state index contributed by atoms with van der Waals surface area (Å²) in [5.74, 6) is 0.141. The SMILES string of the molecule is O=C([C@@H]1CN(C(=O)c2cnn(-c3ccccc3)n2)c2ccccc2O1)N1CCCCC1. The Bertz CT molecular complexity index is 1090. The quantitative estimate of drug-likeness (QED) is 0.655. The molecule has 0 N–H and O–H groups in total. The van der Waals surface area contributed by atoms with Gasteiger partial charge in [0.05, 0.1) is 24.1 Å². The molecule has 1 aromatic heterocycles. The minimum absolute atomic E-state index is 0.0695. The second kappa shape index (κ2) is 8.22. The smallest absolute Gasteiger partial charge is 0.280 e. The molecular formula is C23H23N5O3. The van der Waals surface area contributed by atoms with Crippen LogP contribution in [0.1, 0.15) is 29.8 Å². The van der Waals surface area contributed by atoms with Gasteiger partial charge in [-0.3, -0.25) is 14.5 Å². The topological polar surface area (TPSA) is 80.6 Å². The molecule has 8 nitrogen and oxygen atoms in total. The summed E-state index contributed by atoms with van der Waals surface area (Å²) in [4.78, 5) is 31.3. The van der Waals surface area contributed by atoms with Crippen LogP contribution >= 0.6 is 0 Å². The maximum Gasteiger partial charge on any atom is 0.280 e. The third-order valence-electron chi connectivity index (χ3n) is 5.66. The van der Waals surface area contributed by atoms with Gasteiger partial charge in [-0.15, -0.1) is 5.10 Å². The minimum atomic E-state index is -0.735. The summed E-state index contributed by atoms with van der Waals surface area (Å²) in [6.45, 7) is 1.61. The second-order valence-corrected chi connectivity index (χ2v) is 7.73. The van der Waals surface area contributed by atoms with Gasteiger partial charge in [-0.25, -0.2) is 0 Å². The molecule has 8 heteroatoms. The number of aromatic nitrogens is 3. The van der Waals surface area contributed by atoms with E-state index in [1.54, 1.807) is 11.0 Å². The van der Waals surface area contributed by atoms with Crippen molar-refractivity contribution in [2.24, 2.45) is 0 Å². The Balaban J connectivity index is 1.42. The van der Waals surface area contributed by atoms with Crippen LogP contribution in [0, 0.1) is 0 Å². The molecule has 0 bridgehead atoms. The van der Waals surface area contributed by atoms with Gasteiger partial charge >= 0.3 is 0 Å². The van der Waals surface area contributed by atoms with Crippen LogP contribution in [0.4, 0.5) is 5.69 Å². The number of ether oxygens (including phenoxy) is 1. The highest BCUT2D eigenvalue weighted by molar-refractivity contribution is 6.06. The maximum atomic E-state index is 13.4. The minimum Gasteiger partial charge on any atom is -0.476 e. The van der Waals surface area contributed by atoms with Gasteiger partial charge in [-0.1, -0.05) is 30.3 Å². The molecule has 0 saturated carbocycles. The second-order valence-electron chi connectivity index (χ2n) is 7.73. The number of para-hydroxylation sites is 3. The van der Waals surface area contributed by atoms with Crippen LogP contribution in [0.25, 0.3) is 5.69 Å². The van der Waals surface area contributed by atoms with Crippen molar-refractivity contribution in [2.45, 2.75) is 25.4 Å². The third kappa shape index (κ3) is 3.76. The lowest BCUT2D eigenvalue weighted by Gasteiger charge is -2.37. The number of likely N-dealkylation sites (tertiary alicyclic amines) is 1. The highest BCUT2D eigenvalue weighted by Crippen LogP contribution is 2.34. The fourth-order valence-electron chi connectivity index (χ4n) is 4.06. The molecule has 0 aliphatic carbocycles. The Morgan fingerprint density at radius 2 is 1.68 bits per heavy atom. The van der Waals surface area contributed by atoms with Gasteiger partial charge in [0.2, 0.25) is 0 Å². The summed E-state index contributed by atoms with van der Waals surface area (Å²) >= 11 is 0. The summed E-state index contributed by atoms with van der Waals surface area (Å²) in [5.41, 5.74) is 1.61. The number of carbonyl (C=O) groups excluding carboxylic acids is 2. The molecule has 2 aromatic carbocycles. The molecule has 31 heavy (non-hydrogen) atoms. The van der Waals surface area contributed by atoms with Gasteiger partial charge < -0.3 is 9.64 Å². The zero-order chi connectivity index (χ0) is 21.2. The van der Waals surface area contributed by atoms with E-state index in [0.29, 0.717) is 11.4 Å². The third-order valence-corrected chi connectivity index (χ3v) is 5.66. The lowest BCUT2D eigenvalue weighted by Crippen LogP contribution is -2.52. The molecule has 0 radical (unpaired) electrons. The van der Waals surface area contributed by atoms with Gasteiger partial charge in [0.15, 0.2) is 11.8 Å². The predicted octanol–water partition coefficient (Wildman–Crippen LogP) is 2.69. The molecule has 1 saturated heterocycles. The maximum absolute atomic E-state index is 13.4. The molecule has 2 aliphatic rings. The number of rotatable bonds is 3. The highest BCUT2D eigenvalue weighted by Gasteiger charge is 2.37. The summed E-state index contributed by atoms with van der Waals surface area (Å²) < 4.78 is 6.01. The number of hydrogen-bond donors (Lipinski definition) is 0. The number of benzene rings is 2. The van der Waals surface area contributed by atoms with Gasteiger partial charge in [-0.05, 0) is 43.5 Å². The Kier molecular flexibility index (Phi) is 5.11. The number of piperidine rings is 1. The average Bonchev–Trinajstić information content (AvgIpc) is 3.34. The van der Waals surface area contributed by atoms with Crippen molar-refractivity contribution < 1.29 is 14.3 Å². The molecule has 0 unspecified atom stereocenters. The van der Waals surface area contributed by atoms with Crippen LogP contribution in [0.2, 0.25) is 0 Å². The number of nitrogens with zero attached hydrogens (tertiary/aromatic N) is 5. The first-order chi connectivity index (χ1) is 15.2. The zero-order valence-electron chi connectivity index (χ0n) is 17.1. The number of amides is 2. The van der Waals surface area contributed by atoms with Crippen LogP contribution in [0.5, 0.6) is 5.75 Å². The molecule has 3 aromatic rings. The molecule has 5 rings (SSSR count). The van der Waals surface area contributed by atoms with Crippen molar-refractivity contribution >= 4 is 17.5 Å². The van der Waals surface area contributed by atoms with Crippen molar-refractivity contribution in [3.63, 3.8) is 0 Å². The van der Waals surface area contributed by atoms with E-state index in [4.69, 9.17) is 4.74 Å². The van der Waals surface area contributed by atoms with Gasteiger partial charge in [-0.2, -0.15) is 9.90 Å². The number of anilines is 1. The number of fused-ring (bicyclic) bond motifs is 1. The molecule has 1 fully saturated rings. The fraction of sp³-hybridized carbons (Fsp3) is 0.304. The van der Waals surface area contributed by atoms with Crippen LogP contribution in [0.3, 0.4) is 0 Å². The van der Waals surface area contributed by atoms with E-state index in [1.165, 1.54) is 11.0 Å². The molecule has 3 heterocycles. The van der Waals surface area contributed by atoms with Crippen LogP contribution in [0.15, 0.2) is 60.8 Å². The van der Waals surface area contributed by atoms with E-state index in [9.17, 15) is 9.59 Å². The number of carbonyl (C=O) groups is 2. The van der Waals surface area contributed by atoms with Crippen LogP contribution in [-0.4, -0.2) is 57.4 Å². The molecule has 158 valence electrons. The van der Waals surface area contributed by atoms with E-state index < -0.39 is 6.10 Å². The average molecular weight is 417 g/mol. The van der Waals surface area contributed by atoms with Gasteiger partial charge in [0, 0.05) is 13.1 Å². The van der Waals surface area contributed by atoms with Crippen molar-refractivity contribution in [1.82, 2.24) is 19.9 Å². The first kappa shape index (κ1) is 19.3. The Labute approximate surface area is 180 Å². The zero-order valence-corrected chi connectivity index (χ0v) is 17.1. The lowest BCUT2D eigenvalue weighted by molar-refractivity contribution is -0.139. The Hall–Kier alpha value is -3.68. The van der Waals surface area contributed by atoms with E-state index >= 15 is 0 Å². The first-order valence-electron chi connectivity index (χ1n) is 10.5. The fourth-order valence-corrected chi connectivity index (χ4v) is 4.06. The van der Waals surface area contributed by atoms with E-state index in [-0.39, 0.29) is 24.1 Å². The summed E-state index contributed by atoms with van der Waals surface area (Å²) in [5, 5.41) is 8.60. The first-order valence-corrected chi connectivity index (χ1v) is 10.5. The van der Waals surface area contributed by atoms with Crippen molar-refractivity contribution in [2.75, 3.05) is 24.5 Å². The standard InChI is InChI=1S/C23H23N5O3/c29-22(18-15-24-28(25-18)17-9-3-1-4-10-17)27-16-21(23(30)26-13-7-2-8-14-26)31-20-12-6-5-11-19(20)27/h1,3-6,9-12,15,21H,2,7-8,13-14,16H2/t21-/m0/s1. The molecule has 2 amide bonds. The Morgan fingerprint density at radius 1 is 0.935 bits per heavy atom. The van der Waals surface area contributed by atoms with Crippen molar-refractivity contribution in [3.8, 4) is 11.4 Å². The molecular weight excluding hydrogens is 394 g/mol. The van der Waals surface area contributed by atoms with Crippen LogP contribution in [-0.2, 0) is 4.79 Å². The largest absolute Gasteiger partial charge is 0.476 e. The normalized spacial score (nSPS) is 18.3. The summed E-state index contributed by atoms with van der Waals surface area (Å²) in [6, 6.07) is 16.7. The van der Waals surface area contributed by atoms with E-state index in [0.717, 1.165) is 38.0 Å². The van der Waals surface area contributed by atoms with Gasteiger partial charge in [0.25, 0.3) is 11.8 Å². The van der Waals surface area contributed by atoms with E-state index in [2.05, 4.69) is 10.2 Å². The monoisotopic (exact) mass is 417 g/mol. The molecule has 2 aliphatic heterocycles.